The van der Waals surface area contributed by atoms with Crippen LogP contribution in [0.2, 0.25) is 5.02 Å². The second-order valence-corrected chi connectivity index (χ2v) is 11.8. The summed E-state index contributed by atoms with van der Waals surface area (Å²) in [4.78, 5) is 0. The van der Waals surface area contributed by atoms with Gasteiger partial charge in [-0.3, -0.25) is 0 Å². The molecule has 0 radical (unpaired) electrons. The first kappa shape index (κ1) is 24.4. The van der Waals surface area contributed by atoms with Gasteiger partial charge in [0.1, 0.15) is 11.5 Å². The van der Waals surface area contributed by atoms with Crippen molar-refractivity contribution in [3.8, 4) is 11.5 Å². The van der Waals surface area contributed by atoms with Gasteiger partial charge in [-0.2, -0.15) is 0 Å². The second-order valence-electron chi connectivity index (χ2n) is 8.56. The highest BCUT2D eigenvalue weighted by atomic mass is 35.5. The smallest absolute Gasteiger partial charge is 0.236 e. The molecule has 0 atom stereocenters. The lowest BCUT2D eigenvalue weighted by molar-refractivity contribution is 0.391. The van der Waals surface area contributed by atoms with Gasteiger partial charge in [0, 0.05) is 20.7 Å². The van der Waals surface area contributed by atoms with Crippen LogP contribution in [-0.4, -0.2) is 28.9 Å². The van der Waals surface area contributed by atoms with Gasteiger partial charge < -0.3 is 9.47 Å². The first-order valence-corrected chi connectivity index (χ1v) is 13.7. The fraction of sp³-hybridized carbons (Fsp3) is 0.231. The van der Waals surface area contributed by atoms with E-state index in [4.69, 9.17) is 21.1 Å². The van der Waals surface area contributed by atoms with Crippen LogP contribution < -0.4 is 13.8 Å². The normalized spacial score (nSPS) is 12.1. The highest BCUT2D eigenvalue weighted by Gasteiger charge is 2.30. The number of halogens is 1. The lowest BCUT2D eigenvalue weighted by Crippen LogP contribution is -2.26. The van der Waals surface area contributed by atoms with Gasteiger partial charge in [-0.05, 0) is 77.0 Å². The number of hydrogen-bond acceptors (Lipinski definition) is 5. The maximum absolute atomic E-state index is 13.0. The van der Waals surface area contributed by atoms with E-state index in [1.165, 1.54) is 10.6 Å². The molecule has 34 heavy (non-hydrogen) atoms. The van der Waals surface area contributed by atoms with Crippen LogP contribution >= 0.6 is 22.9 Å². The van der Waals surface area contributed by atoms with Gasteiger partial charge in [0.25, 0.3) is 0 Å². The van der Waals surface area contributed by atoms with Crippen molar-refractivity contribution < 1.29 is 17.9 Å². The van der Waals surface area contributed by atoms with Crippen LogP contribution in [0, 0.1) is 0 Å². The third-order valence-electron chi connectivity index (χ3n) is 5.92. The number of rotatable bonds is 7. The van der Waals surface area contributed by atoms with Crippen LogP contribution in [0.4, 0.5) is 11.4 Å². The molecule has 1 heterocycles. The molecule has 178 valence electrons. The summed E-state index contributed by atoms with van der Waals surface area (Å²) in [5.41, 5.74) is 2.19. The quantitative estimate of drug-likeness (QED) is 0.266. The number of fused-ring (bicyclic) bond motifs is 1. The fourth-order valence-electron chi connectivity index (χ4n) is 4.12. The molecule has 0 spiro atoms. The van der Waals surface area contributed by atoms with Gasteiger partial charge in [0.05, 0.1) is 31.9 Å². The Labute approximate surface area is 209 Å². The predicted octanol–water partition coefficient (Wildman–Crippen LogP) is 7.00. The van der Waals surface area contributed by atoms with Crippen LogP contribution in [0.15, 0.2) is 66.0 Å². The summed E-state index contributed by atoms with van der Waals surface area (Å²) in [6.07, 6.45) is 1.20. The summed E-state index contributed by atoms with van der Waals surface area (Å²) in [7, 11) is -0.419. The predicted molar refractivity (Wildman–Crippen MR) is 142 cm³/mol. The Kier molecular flexibility index (Phi) is 6.55. The molecule has 0 N–H and O–H groups in total. The monoisotopic (exact) mass is 515 g/mol. The highest BCUT2D eigenvalue weighted by molar-refractivity contribution is 7.92. The largest absolute Gasteiger partial charge is 0.497 e. The fourth-order valence-corrected chi connectivity index (χ4v) is 6.11. The van der Waals surface area contributed by atoms with Crippen LogP contribution in [-0.2, 0) is 15.4 Å². The maximum Gasteiger partial charge on any atom is 0.236 e. The molecular formula is C26H26ClNO4S2. The molecule has 0 aliphatic heterocycles. The number of thiophene rings is 1. The standard InChI is InChI=1S/C26H26ClNO4S2/c1-26(2,23-16-22(31-3)7-8-24(23)32-4)18-13-19(27)15-21(14-18)28(34(5,29)30)20-6-9-25-17(12-20)10-11-33-25/h6-16H,1-5H3. The molecule has 0 aliphatic rings. The molecule has 1 aromatic heterocycles. The number of sulfonamides is 1. The van der Waals surface area contributed by atoms with Crippen molar-refractivity contribution >= 4 is 54.4 Å². The van der Waals surface area contributed by atoms with Gasteiger partial charge in [-0.25, -0.2) is 12.7 Å². The van der Waals surface area contributed by atoms with Gasteiger partial charge >= 0.3 is 0 Å². The van der Waals surface area contributed by atoms with Gasteiger partial charge in [-0.15, -0.1) is 11.3 Å². The molecule has 0 saturated heterocycles. The topological polar surface area (TPSA) is 55.8 Å². The molecule has 8 heteroatoms. The molecule has 4 aromatic rings. The van der Waals surface area contributed by atoms with Crippen molar-refractivity contribution in [1.82, 2.24) is 0 Å². The number of anilines is 2. The zero-order valence-electron chi connectivity index (χ0n) is 19.6. The summed E-state index contributed by atoms with van der Waals surface area (Å²) in [5, 5.41) is 3.41. The number of benzene rings is 3. The minimum Gasteiger partial charge on any atom is -0.497 e. The molecule has 5 nitrogen and oxygen atoms in total. The summed E-state index contributed by atoms with van der Waals surface area (Å²) >= 11 is 8.17. The maximum atomic E-state index is 13.0. The molecule has 0 fully saturated rings. The lowest BCUT2D eigenvalue weighted by Gasteiger charge is -2.30. The van der Waals surface area contributed by atoms with Gasteiger partial charge in [-0.1, -0.05) is 25.4 Å². The van der Waals surface area contributed by atoms with Crippen molar-refractivity contribution in [2.45, 2.75) is 19.3 Å². The van der Waals surface area contributed by atoms with Crippen LogP contribution in [0.25, 0.3) is 10.1 Å². The van der Waals surface area contributed by atoms with Crippen LogP contribution in [0.5, 0.6) is 11.5 Å². The molecule has 3 aromatic carbocycles. The van der Waals surface area contributed by atoms with Crippen LogP contribution in [0.1, 0.15) is 25.0 Å². The van der Waals surface area contributed by atoms with Crippen molar-refractivity contribution in [1.29, 1.82) is 0 Å². The first-order chi connectivity index (χ1) is 16.0. The zero-order valence-corrected chi connectivity index (χ0v) is 22.0. The molecule has 4 rings (SSSR count). The number of nitrogens with zero attached hydrogens (tertiary/aromatic N) is 1. The Balaban J connectivity index is 1.89. The summed E-state index contributed by atoms with van der Waals surface area (Å²) < 4.78 is 39.4. The highest BCUT2D eigenvalue weighted by Crippen LogP contribution is 2.42. The molecule has 0 aliphatic carbocycles. The van der Waals surface area contributed by atoms with Gasteiger partial charge in [0.2, 0.25) is 10.0 Å². The summed E-state index contributed by atoms with van der Waals surface area (Å²) in [5.74, 6) is 1.41. The van der Waals surface area contributed by atoms with Gasteiger partial charge in [0.15, 0.2) is 0 Å². The van der Waals surface area contributed by atoms with Crippen molar-refractivity contribution in [2.75, 3.05) is 24.8 Å². The van der Waals surface area contributed by atoms with E-state index in [2.05, 4.69) is 0 Å². The molecule has 0 saturated carbocycles. The Morgan fingerprint density at radius 3 is 2.35 bits per heavy atom. The molecule has 0 amide bonds. The third-order valence-corrected chi connectivity index (χ3v) is 8.12. The average Bonchev–Trinajstić information content (AvgIpc) is 3.25. The Morgan fingerprint density at radius 1 is 0.912 bits per heavy atom. The average molecular weight is 516 g/mol. The minimum absolute atomic E-state index is 0.438. The SMILES string of the molecule is COc1ccc(OC)c(C(C)(C)c2cc(Cl)cc(N(c3ccc4sccc4c3)S(C)(=O)=O)c2)c1. The van der Waals surface area contributed by atoms with E-state index in [1.54, 1.807) is 31.6 Å². The Morgan fingerprint density at radius 2 is 1.68 bits per heavy atom. The Bertz CT molecular complexity index is 1460. The first-order valence-electron chi connectivity index (χ1n) is 10.6. The van der Waals surface area contributed by atoms with E-state index in [0.29, 0.717) is 27.9 Å². The van der Waals surface area contributed by atoms with E-state index < -0.39 is 15.4 Å². The van der Waals surface area contributed by atoms with E-state index in [9.17, 15) is 8.42 Å². The number of hydrogen-bond donors (Lipinski definition) is 0. The lowest BCUT2D eigenvalue weighted by atomic mass is 9.77. The van der Waals surface area contributed by atoms with Crippen molar-refractivity contribution in [3.63, 3.8) is 0 Å². The zero-order chi connectivity index (χ0) is 24.7. The number of ether oxygens (including phenoxy) is 2. The minimum atomic E-state index is -3.66. The van der Waals surface area contributed by atoms with E-state index >= 15 is 0 Å². The molecule has 0 bridgehead atoms. The second kappa shape index (κ2) is 9.13. The van der Waals surface area contributed by atoms with Crippen molar-refractivity contribution in [3.05, 3.63) is 82.2 Å². The van der Waals surface area contributed by atoms with E-state index in [-0.39, 0.29) is 0 Å². The molecular weight excluding hydrogens is 490 g/mol. The molecule has 0 unspecified atom stereocenters. The summed E-state index contributed by atoms with van der Waals surface area (Å²) in [6, 6.07) is 18.6. The summed E-state index contributed by atoms with van der Waals surface area (Å²) in [6.45, 7) is 4.09. The van der Waals surface area contributed by atoms with E-state index in [1.807, 2.05) is 73.8 Å². The van der Waals surface area contributed by atoms with Crippen LogP contribution in [0.3, 0.4) is 0 Å². The van der Waals surface area contributed by atoms with Crippen molar-refractivity contribution in [2.24, 2.45) is 0 Å². The number of methoxy groups -OCH3 is 2. The van der Waals surface area contributed by atoms with E-state index in [0.717, 1.165) is 21.2 Å². The Hall–Kier alpha value is -2.74. The third kappa shape index (κ3) is 4.60.